The maximum absolute atomic E-state index is 13.3. The van der Waals surface area contributed by atoms with Gasteiger partial charge in [-0.1, -0.05) is 0 Å². The number of aromatic nitrogens is 1. The third kappa shape index (κ3) is 6.13. The van der Waals surface area contributed by atoms with Gasteiger partial charge in [0.2, 0.25) is 0 Å². The lowest BCUT2D eigenvalue weighted by molar-refractivity contribution is 0.599. The molecule has 1 heterocycles. The van der Waals surface area contributed by atoms with E-state index in [1.165, 1.54) is 6.07 Å². The van der Waals surface area contributed by atoms with E-state index in [4.69, 9.17) is 0 Å². The van der Waals surface area contributed by atoms with Gasteiger partial charge < -0.3 is 10.6 Å². The predicted molar refractivity (Wildman–Crippen MR) is 82.7 cm³/mol. The van der Waals surface area contributed by atoms with Crippen molar-refractivity contribution in [1.82, 2.24) is 15.6 Å². The molecule has 0 spiro atoms. The van der Waals surface area contributed by atoms with Gasteiger partial charge in [0.25, 0.3) is 0 Å². The third-order valence-electron chi connectivity index (χ3n) is 1.99. The number of nitrogens with zero attached hydrogens (tertiary/aromatic N) is 2. The van der Waals surface area contributed by atoms with Gasteiger partial charge >= 0.3 is 0 Å². The lowest BCUT2D eigenvalue weighted by atomic mass is 10.3. The van der Waals surface area contributed by atoms with Gasteiger partial charge in [0.15, 0.2) is 5.96 Å². The molecule has 0 unspecified atom stereocenters. The van der Waals surface area contributed by atoms with Crippen LogP contribution in [0.4, 0.5) is 4.39 Å². The first-order chi connectivity index (χ1) is 8.13. The molecule has 0 atom stereocenters. The van der Waals surface area contributed by atoms with Crippen molar-refractivity contribution in [1.29, 1.82) is 0 Å². The molecule has 0 bridgehead atoms. The summed E-state index contributed by atoms with van der Waals surface area (Å²) >= 11 is 0. The molecule has 0 amide bonds. The van der Waals surface area contributed by atoms with Crippen LogP contribution in [0.15, 0.2) is 23.3 Å². The number of hydrogen-bond acceptors (Lipinski definition) is 2. The van der Waals surface area contributed by atoms with E-state index in [-0.39, 0.29) is 42.4 Å². The summed E-state index contributed by atoms with van der Waals surface area (Å²) in [5, 5.41) is 6.25. The summed E-state index contributed by atoms with van der Waals surface area (Å²) in [5.74, 6) is 0.351. The van der Waals surface area contributed by atoms with Crippen molar-refractivity contribution in [2.45, 2.75) is 33.4 Å². The van der Waals surface area contributed by atoms with Gasteiger partial charge in [-0.15, -0.1) is 24.0 Å². The molecule has 1 rings (SSSR count). The summed E-state index contributed by atoms with van der Waals surface area (Å²) in [6.45, 7) is 7.03. The first-order valence-corrected chi connectivity index (χ1v) is 5.77. The number of rotatable bonds is 4. The highest BCUT2D eigenvalue weighted by atomic mass is 127. The molecule has 0 aromatic carbocycles. The Bertz CT molecular complexity index is 382. The fourth-order valence-electron chi connectivity index (χ4n) is 1.28. The van der Waals surface area contributed by atoms with Crippen LogP contribution in [-0.4, -0.2) is 23.5 Å². The molecule has 6 heteroatoms. The van der Waals surface area contributed by atoms with Gasteiger partial charge in [0, 0.05) is 18.8 Å². The Morgan fingerprint density at radius 3 is 2.78 bits per heavy atom. The van der Waals surface area contributed by atoms with Crippen LogP contribution in [0.25, 0.3) is 0 Å². The Balaban J connectivity index is 0.00000289. The molecular formula is C12H20FIN4. The smallest absolute Gasteiger partial charge is 0.191 e. The minimum Gasteiger partial charge on any atom is -0.357 e. The van der Waals surface area contributed by atoms with E-state index >= 15 is 0 Å². The van der Waals surface area contributed by atoms with Crippen LogP contribution in [0.5, 0.6) is 0 Å². The van der Waals surface area contributed by atoms with Crippen molar-refractivity contribution >= 4 is 29.9 Å². The van der Waals surface area contributed by atoms with E-state index in [0.717, 1.165) is 6.54 Å². The maximum atomic E-state index is 13.3. The molecule has 0 aliphatic carbocycles. The van der Waals surface area contributed by atoms with Crippen LogP contribution in [0, 0.1) is 5.82 Å². The largest absolute Gasteiger partial charge is 0.357 e. The summed E-state index contributed by atoms with van der Waals surface area (Å²) in [4.78, 5) is 8.23. The molecule has 1 aromatic heterocycles. The number of halogens is 2. The zero-order valence-electron chi connectivity index (χ0n) is 10.9. The average molecular weight is 366 g/mol. The standard InChI is InChI=1S/C12H19FN4.HI/c1-4-14-12(17-9(2)3)16-8-11-10(13)6-5-7-15-11;/h5-7,9H,4,8H2,1-3H3,(H2,14,16,17);1H. The van der Waals surface area contributed by atoms with Gasteiger partial charge in [-0.05, 0) is 32.9 Å². The number of hydrogen-bond donors (Lipinski definition) is 2. The summed E-state index contributed by atoms with van der Waals surface area (Å²) in [6.07, 6.45) is 1.57. The molecule has 0 saturated heterocycles. The fourth-order valence-corrected chi connectivity index (χ4v) is 1.28. The highest BCUT2D eigenvalue weighted by Crippen LogP contribution is 2.03. The van der Waals surface area contributed by atoms with Crippen LogP contribution in [-0.2, 0) is 6.54 Å². The van der Waals surface area contributed by atoms with E-state index in [2.05, 4.69) is 20.6 Å². The predicted octanol–water partition coefficient (Wildman–Crippen LogP) is 2.30. The normalized spacial score (nSPS) is 11.1. The zero-order chi connectivity index (χ0) is 12.7. The second-order valence-corrected chi connectivity index (χ2v) is 3.93. The Kier molecular flexibility index (Phi) is 8.61. The summed E-state index contributed by atoms with van der Waals surface area (Å²) in [6, 6.07) is 3.24. The lowest BCUT2D eigenvalue weighted by Gasteiger charge is -2.13. The number of aliphatic imine (C=N–C) groups is 1. The summed E-state index contributed by atoms with van der Waals surface area (Å²) in [7, 11) is 0. The molecule has 18 heavy (non-hydrogen) atoms. The van der Waals surface area contributed by atoms with E-state index in [1.54, 1.807) is 12.3 Å². The van der Waals surface area contributed by atoms with E-state index < -0.39 is 0 Å². The third-order valence-corrected chi connectivity index (χ3v) is 1.99. The highest BCUT2D eigenvalue weighted by molar-refractivity contribution is 14.0. The van der Waals surface area contributed by atoms with Crippen molar-refractivity contribution in [3.63, 3.8) is 0 Å². The average Bonchev–Trinajstić information content (AvgIpc) is 2.27. The van der Waals surface area contributed by atoms with E-state index in [0.29, 0.717) is 11.7 Å². The summed E-state index contributed by atoms with van der Waals surface area (Å²) in [5.41, 5.74) is 0.355. The molecule has 0 saturated carbocycles. The van der Waals surface area contributed by atoms with Crippen LogP contribution in [0.3, 0.4) is 0 Å². The second kappa shape index (κ2) is 9.07. The zero-order valence-corrected chi connectivity index (χ0v) is 13.2. The van der Waals surface area contributed by atoms with Crippen LogP contribution in [0.2, 0.25) is 0 Å². The van der Waals surface area contributed by atoms with Gasteiger partial charge in [-0.3, -0.25) is 4.98 Å². The summed E-state index contributed by atoms with van der Waals surface area (Å²) < 4.78 is 13.3. The lowest BCUT2D eigenvalue weighted by Crippen LogP contribution is -2.41. The molecule has 0 fully saturated rings. The number of nitrogens with one attached hydrogen (secondary N) is 2. The first kappa shape index (κ1) is 17.1. The molecule has 2 N–H and O–H groups in total. The Morgan fingerprint density at radius 2 is 2.22 bits per heavy atom. The van der Waals surface area contributed by atoms with E-state index in [9.17, 15) is 4.39 Å². The minimum absolute atomic E-state index is 0. The molecular weight excluding hydrogens is 346 g/mol. The van der Waals surface area contributed by atoms with Crippen LogP contribution < -0.4 is 10.6 Å². The molecule has 0 radical (unpaired) electrons. The monoisotopic (exact) mass is 366 g/mol. The van der Waals surface area contributed by atoms with E-state index in [1.807, 2.05) is 20.8 Å². The van der Waals surface area contributed by atoms with Crippen molar-refractivity contribution in [2.24, 2.45) is 4.99 Å². The molecule has 1 aromatic rings. The highest BCUT2D eigenvalue weighted by Gasteiger charge is 2.03. The maximum Gasteiger partial charge on any atom is 0.191 e. The fraction of sp³-hybridized carbons (Fsp3) is 0.500. The SMILES string of the molecule is CCNC(=NCc1ncccc1F)NC(C)C.I. The van der Waals surface area contributed by atoms with Gasteiger partial charge in [-0.25, -0.2) is 9.38 Å². The van der Waals surface area contributed by atoms with Crippen LogP contribution >= 0.6 is 24.0 Å². The first-order valence-electron chi connectivity index (χ1n) is 5.77. The topological polar surface area (TPSA) is 49.3 Å². The number of guanidine groups is 1. The molecule has 0 aliphatic heterocycles. The van der Waals surface area contributed by atoms with Crippen molar-refractivity contribution in [2.75, 3.05) is 6.54 Å². The van der Waals surface area contributed by atoms with Gasteiger partial charge in [-0.2, -0.15) is 0 Å². The quantitative estimate of drug-likeness (QED) is 0.489. The van der Waals surface area contributed by atoms with Crippen molar-refractivity contribution in [3.05, 3.63) is 29.8 Å². The molecule has 0 aliphatic rings. The minimum atomic E-state index is -0.323. The second-order valence-electron chi connectivity index (χ2n) is 3.93. The van der Waals surface area contributed by atoms with Gasteiger partial charge in [0.05, 0.1) is 12.2 Å². The Hall–Kier alpha value is -0.920. The molecule has 102 valence electrons. The molecule has 4 nitrogen and oxygen atoms in total. The van der Waals surface area contributed by atoms with Crippen LogP contribution in [0.1, 0.15) is 26.5 Å². The number of pyridine rings is 1. The van der Waals surface area contributed by atoms with Crippen molar-refractivity contribution < 1.29 is 4.39 Å². The van der Waals surface area contributed by atoms with Crippen molar-refractivity contribution in [3.8, 4) is 0 Å². The Morgan fingerprint density at radius 1 is 1.50 bits per heavy atom. The van der Waals surface area contributed by atoms with Gasteiger partial charge in [0.1, 0.15) is 5.82 Å². The Labute approximate surface area is 125 Å².